The molecular weight excluding hydrogens is 442 g/mol. The van der Waals surface area contributed by atoms with Gasteiger partial charge in [-0.05, 0) is 43.2 Å². The normalized spacial score (nSPS) is 16.2. The Morgan fingerprint density at radius 3 is 2.48 bits per heavy atom. The largest absolute Gasteiger partial charge is 0.492 e. The van der Waals surface area contributed by atoms with Gasteiger partial charge in [-0.2, -0.15) is 4.21 Å². The van der Waals surface area contributed by atoms with E-state index in [1.165, 1.54) is 0 Å². The van der Waals surface area contributed by atoms with E-state index in [0.29, 0.717) is 13.0 Å². The molecule has 11 heteroatoms. The van der Waals surface area contributed by atoms with Crippen LogP contribution in [0.5, 0.6) is 5.75 Å². The van der Waals surface area contributed by atoms with E-state index in [0.717, 1.165) is 35.4 Å². The van der Waals surface area contributed by atoms with Crippen LogP contribution in [0.15, 0.2) is 48.7 Å². The minimum absolute atomic E-state index is 0.215. The van der Waals surface area contributed by atoms with Crippen LogP contribution < -0.4 is 15.0 Å². The zero-order valence-corrected chi connectivity index (χ0v) is 18.9. The first-order valence-electron chi connectivity index (χ1n) is 9.48. The number of aromatic nitrogens is 1. The van der Waals surface area contributed by atoms with Crippen molar-refractivity contribution in [1.29, 1.82) is 0 Å². The lowest BCUT2D eigenvalue weighted by atomic mass is 10.1. The lowest BCUT2D eigenvalue weighted by Gasteiger charge is -2.18. The van der Waals surface area contributed by atoms with Crippen molar-refractivity contribution >= 4 is 40.1 Å². The average Bonchev–Trinajstić information content (AvgIpc) is 3.07. The lowest BCUT2D eigenvalue weighted by molar-refractivity contribution is -0.118. The van der Waals surface area contributed by atoms with Gasteiger partial charge < -0.3 is 9.64 Å². The van der Waals surface area contributed by atoms with Gasteiger partial charge in [0.05, 0.1) is 18.4 Å². The number of hydrogen-bond acceptors (Lipinski definition) is 8. The molecule has 2 aromatic rings. The predicted octanol–water partition coefficient (Wildman–Crippen LogP) is 2.65. The van der Waals surface area contributed by atoms with Gasteiger partial charge >= 0.3 is 11.4 Å². The highest BCUT2D eigenvalue weighted by Crippen LogP contribution is 2.23. The van der Waals surface area contributed by atoms with Gasteiger partial charge in [0.1, 0.15) is 18.2 Å². The van der Waals surface area contributed by atoms with E-state index < -0.39 is 11.4 Å². The molecule has 1 aromatic carbocycles. The highest BCUT2D eigenvalue weighted by Gasteiger charge is 2.31. The number of likely N-dealkylation sites (N-methyl/N-ethyl adjacent to an activating group) is 1. The van der Waals surface area contributed by atoms with Gasteiger partial charge in [-0.15, -0.1) is 0 Å². The number of nitrogens with one attached hydrogen (secondary N) is 1. The summed E-state index contributed by atoms with van der Waals surface area (Å²) >= 11 is -1.02. The van der Waals surface area contributed by atoms with Crippen LogP contribution in [-0.4, -0.2) is 56.9 Å². The molecule has 1 aromatic heterocycles. The molecule has 1 fully saturated rings. The van der Waals surface area contributed by atoms with Crippen molar-refractivity contribution in [3.05, 3.63) is 54.2 Å². The quantitative estimate of drug-likeness (QED) is 0.537. The van der Waals surface area contributed by atoms with E-state index in [1.807, 2.05) is 54.4 Å². The molecule has 31 heavy (non-hydrogen) atoms. The average molecular weight is 468 g/mol. The molecule has 0 radical (unpaired) electrons. The van der Waals surface area contributed by atoms with Gasteiger partial charge in [-0.3, -0.25) is 23.6 Å². The van der Waals surface area contributed by atoms with Crippen molar-refractivity contribution in [3.8, 4) is 5.75 Å². The molecular formula is C20H25N3O6S2. The minimum Gasteiger partial charge on any atom is -0.492 e. The molecule has 0 saturated carbocycles. The van der Waals surface area contributed by atoms with Crippen LogP contribution in [0.3, 0.4) is 0 Å². The maximum Gasteiger partial charge on any atom is 0.301 e. The Labute approximate surface area is 188 Å². The second kappa shape index (κ2) is 13.1. The molecule has 0 bridgehead atoms. The van der Waals surface area contributed by atoms with Crippen molar-refractivity contribution in [2.75, 3.05) is 31.7 Å². The number of carbonyl (C=O) groups excluding carboxylic acids is 2. The number of benzene rings is 1. The number of amides is 2. The monoisotopic (exact) mass is 467 g/mol. The molecule has 0 spiro atoms. The predicted molar refractivity (Wildman–Crippen MR) is 120 cm³/mol. The Morgan fingerprint density at radius 2 is 1.97 bits per heavy atom. The third kappa shape index (κ3) is 9.05. The van der Waals surface area contributed by atoms with Crippen LogP contribution in [0, 0.1) is 0 Å². The van der Waals surface area contributed by atoms with Crippen LogP contribution >= 0.6 is 11.8 Å². The Bertz CT molecular complexity index is 867. The second-order valence-corrected chi connectivity index (χ2v) is 8.16. The molecule has 2 amide bonds. The topological polar surface area (TPSA) is 118 Å². The maximum atomic E-state index is 11.6. The van der Waals surface area contributed by atoms with Gasteiger partial charge in [0.2, 0.25) is 5.91 Å². The SMILES string of the molecule is CCOS(=O)O.CN(CCOc1ccc(CC2SC(=O)NC2=O)cc1)c1ccccn1. The van der Waals surface area contributed by atoms with Crippen LogP contribution in [0.1, 0.15) is 12.5 Å². The summed E-state index contributed by atoms with van der Waals surface area (Å²) < 4.78 is 27.1. The van der Waals surface area contributed by atoms with Crippen molar-refractivity contribution in [2.24, 2.45) is 0 Å². The van der Waals surface area contributed by atoms with E-state index in [2.05, 4.69) is 14.5 Å². The number of carbonyl (C=O) groups is 2. The van der Waals surface area contributed by atoms with Crippen molar-refractivity contribution in [2.45, 2.75) is 18.6 Å². The summed E-state index contributed by atoms with van der Waals surface area (Å²) in [6.45, 7) is 3.19. The number of ether oxygens (including phenoxy) is 1. The molecule has 3 rings (SSSR count). The summed E-state index contributed by atoms with van der Waals surface area (Å²) in [6.07, 6.45) is 2.30. The standard InChI is InChI=1S/C18H19N3O3S.C2H6O3S/c1-21(16-4-2-3-9-19-16)10-11-24-14-7-5-13(6-8-14)12-15-17(22)20-18(23)25-15;1-2-5-6(3)4/h2-9,15H,10-12H2,1H3,(H,20,22,23);2H2,1H3,(H,3,4). The molecule has 2 heterocycles. The first kappa shape index (κ1) is 24.8. The number of anilines is 1. The van der Waals surface area contributed by atoms with Gasteiger partial charge in [-0.1, -0.05) is 30.0 Å². The van der Waals surface area contributed by atoms with Crippen LogP contribution in [0.4, 0.5) is 10.6 Å². The van der Waals surface area contributed by atoms with E-state index in [9.17, 15) is 13.8 Å². The highest BCUT2D eigenvalue weighted by molar-refractivity contribution is 8.15. The Morgan fingerprint density at radius 1 is 1.23 bits per heavy atom. The maximum absolute atomic E-state index is 11.6. The molecule has 2 atom stereocenters. The smallest absolute Gasteiger partial charge is 0.301 e. The second-order valence-electron chi connectivity index (χ2n) is 6.31. The summed E-state index contributed by atoms with van der Waals surface area (Å²) in [5.74, 6) is 1.47. The number of nitrogens with zero attached hydrogens (tertiary/aromatic N) is 2. The first-order chi connectivity index (χ1) is 14.9. The number of imide groups is 1. The number of pyridine rings is 1. The van der Waals surface area contributed by atoms with Gasteiger partial charge in [-0.25, -0.2) is 4.98 Å². The zero-order valence-electron chi connectivity index (χ0n) is 17.2. The molecule has 1 aliphatic rings. The number of thioether (sulfide) groups is 1. The third-order valence-electron chi connectivity index (χ3n) is 4.07. The van der Waals surface area contributed by atoms with Gasteiger partial charge in [0, 0.05) is 13.2 Å². The fourth-order valence-corrected chi connectivity index (χ4v) is 3.62. The molecule has 2 unspecified atom stereocenters. The molecule has 0 aliphatic carbocycles. The van der Waals surface area contributed by atoms with Gasteiger partial charge in [0.25, 0.3) is 5.24 Å². The number of hydrogen-bond donors (Lipinski definition) is 2. The minimum atomic E-state index is -2.07. The Kier molecular flexibility index (Phi) is 10.4. The Balaban J connectivity index is 0.000000501. The summed E-state index contributed by atoms with van der Waals surface area (Å²) in [5.41, 5.74) is 1.00. The zero-order chi connectivity index (χ0) is 22.6. The van der Waals surface area contributed by atoms with E-state index in [4.69, 9.17) is 9.29 Å². The fraction of sp³-hybridized carbons (Fsp3) is 0.350. The fourth-order valence-electron chi connectivity index (χ4n) is 2.56. The van der Waals surface area contributed by atoms with E-state index >= 15 is 0 Å². The first-order valence-corrected chi connectivity index (χ1v) is 11.4. The molecule has 9 nitrogen and oxygen atoms in total. The van der Waals surface area contributed by atoms with Gasteiger partial charge in [0.15, 0.2) is 0 Å². The van der Waals surface area contributed by atoms with Crippen molar-refractivity contribution in [3.63, 3.8) is 0 Å². The molecule has 2 N–H and O–H groups in total. The van der Waals surface area contributed by atoms with Crippen LogP contribution in [0.2, 0.25) is 0 Å². The Hall–Kier alpha value is -2.47. The van der Waals surface area contributed by atoms with E-state index in [-0.39, 0.29) is 23.0 Å². The van der Waals surface area contributed by atoms with Crippen molar-refractivity contribution < 1.29 is 27.3 Å². The summed E-state index contributed by atoms with van der Waals surface area (Å²) in [7, 11) is 1.97. The number of rotatable bonds is 9. The molecule has 168 valence electrons. The van der Waals surface area contributed by atoms with Crippen LogP contribution in [0.25, 0.3) is 0 Å². The van der Waals surface area contributed by atoms with Crippen LogP contribution in [-0.2, 0) is 26.8 Å². The molecule has 1 aliphatic heterocycles. The summed E-state index contributed by atoms with van der Waals surface area (Å²) in [4.78, 5) is 29.1. The summed E-state index contributed by atoms with van der Waals surface area (Å²) in [5, 5.41) is 1.69. The molecule has 1 saturated heterocycles. The van der Waals surface area contributed by atoms with Crippen molar-refractivity contribution in [1.82, 2.24) is 10.3 Å². The summed E-state index contributed by atoms with van der Waals surface area (Å²) in [6, 6.07) is 13.4. The highest BCUT2D eigenvalue weighted by atomic mass is 32.2. The van der Waals surface area contributed by atoms with E-state index in [1.54, 1.807) is 13.1 Å². The lowest BCUT2D eigenvalue weighted by Crippen LogP contribution is -2.25. The third-order valence-corrected chi connectivity index (χ3v) is 5.48.